The molecule has 0 radical (unpaired) electrons. The van der Waals surface area contributed by atoms with Gasteiger partial charge >= 0.3 is 25.7 Å². The van der Waals surface area contributed by atoms with E-state index in [1.54, 1.807) is 0 Å². The van der Waals surface area contributed by atoms with E-state index in [0.717, 1.165) is 0 Å². The molecule has 2 nitrogen and oxygen atoms in total. The molecule has 11 heavy (non-hydrogen) atoms. The molecule has 0 bridgehead atoms. The molecule has 1 fully saturated rings. The van der Waals surface area contributed by atoms with E-state index in [2.05, 4.69) is 6.42 Å². The zero-order chi connectivity index (χ0) is 8.36. The third-order valence-corrected chi connectivity index (χ3v) is 1.82. The summed E-state index contributed by atoms with van der Waals surface area (Å²) in [7, 11) is 0. The molecule has 0 aromatic carbocycles. The quantitative estimate of drug-likeness (QED) is 0.435. The van der Waals surface area contributed by atoms with Crippen LogP contribution in [0.5, 0.6) is 0 Å². The Morgan fingerprint density at radius 3 is 1.64 bits per heavy atom. The zero-order valence-corrected chi connectivity index (χ0v) is 8.41. The van der Waals surface area contributed by atoms with Crippen molar-refractivity contribution in [1.82, 2.24) is 0 Å². The van der Waals surface area contributed by atoms with Crippen LogP contribution in [0.1, 0.15) is 44.9 Å². The van der Waals surface area contributed by atoms with E-state index in [1.807, 2.05) is 0 Å². The standard InChI is InChI=1S/C8H15.2O.Ti/c1-2-4-6-8-7-5-3-1;;;/h1H,2-8H2;;;/q-1;;;. The monoisotopic (exact) mass is 191 g/mol. The van der Waals surface area contributed by atoms with Crippen molar-refractivity contribution >= 4 is 0 Å². The van der Waals surface area contributed by atoms with Crippen LogP contribution in [-0.2, 0) is 25.7 Å². The van der Waals surface area contributed by atoms with Crippen LogP contribution in [0.2, 0.25) is 0 Å². The molecular formula is C8H15O2Ti-. The van der Waals surface area contributed by atoms with E-state index in [4.69, 9.17) is 6.65 Å². The number of hydrogen-bond acceptors (Lipinski definition) is 2. The summed E-state index contributed by atoms with van der Waals surface area (Å²) < 4.78 is 17.0. The van der Waals surface area contributed by atoms with Gasteiger partial charge in [0, 0.05) is 0 Å². The van der Waals surface area contributed by atoms with Crippen LogP contribution in [0.25, 0.3) is 0 Å². The summed E-state index contributed by atoms with van der Waals surface area (Å²) in [6.07, 6.45) is 12.5. The summed E-state index contributed by atoms with van der Waals surface area (Å²) in [6.45, 7) is 0. The van der Waals surface area contributed by atoms with Gasteiger partial charge in [-0.2, -0.15) is 12.8 Å². The van der Waals surface area contributed by atoms with Gasteiger partial charge in [0.15, 0.2) is 0 Å². The summed E-state index contributed by atoms with van der Waals surface area (Å²) in [4.78, 5) is 0. The summed E-state index contributed by atoms with van der Waals surface area (Å²) in [5.41, 5.74) is 0. The maximum absolute atomic E-state index is 8.50. The Labute approximate surface area is 77.3 Å². The predicted octanol–water partition coefficient (Wildman–Crippen LogP) is 2.69. The van der Waals surface area contributed by atoms with Crippen molar-refractivity contribution in [2.24, 2.45) is 0 Å². The second-order valence-electron chi connectivity index (χ2n) is 2.72. The molecule has 64 valence electrons. The van der Waals surface area contributed by atoms with E-state index in [1.165, 1.54) is 44.9 Å². The van der Waals surface area contributed by atoms with Crippen LogP contribution in [0.3, 0.4) is 0 Å². The first-order valence-electron chi connectivity index (χ1n) is 4.22. The van der Waals surface area contributed by atoms with Gasteiger partial charge < -0.3 is 6.42 Å². The van der Waals surface area contributed by atoms with Crippen molar-refractivity contribution in [2.75, 3.05) is 0 Å². The normalized spacial score (nSPS) is 18.2. The van der Waals surface area contributed by atoms with E-state index >= 15 is 0 Å². The molecule has 0 unspecified atom stereocenters. The topological polar surface area (TPSA) is 34.1 Å². The van der Waals surface area contributed by atoms with Gasteiger partial charge in [0.2, 0.25) is 0 Å². The van der Waals surface area contributed by atoms with Gasteiger partial charge in [0.1, 0.15) is 0 Å². The maximum atomic E-state index is 8.50. The summed E-state index contributed by atoms with van der Waals surface area (Å²) in [5.74, 6) is 0. The molecule has 0 aromatic heterocycles. The van der Waals surface area contributed by atoms with Crippen molar-refractivity contribution < 1.29 is 25.7 Å². The molecule has 0 N–H and O–H groups in total. The fraction of sp³-hybridized carbons (Fsp3) is 0.875. The minimum atomic E-state index is -2.00. The zero-order valence-electron chi connectivity index (χ0n) is 6.84. The van der Waals surface area contributed by atoms with Gasteiger partial charge in [-0.3, -0.25) is 0 Å². The molecule has 0 spiro atoms. The molecular weight excluding hydrogens is 176 g/mol. The van der Waals surface area contributed by atoms with Crippen molar-refractivity contribution in [1.29, 1.82) is 0 Å². The van der Waals surface area contributed by atoms with Crippen LogP contribution in [0, 0.1) is 6.42 Å². The first kappa shape index (κ1) is 11.3. The second-order valence-corrected chi connectivity index (χ2v) is 2.98. The third-order valence-electron chi connectivity index (χ3n) is 1.82. The molecule has 1 aliphatic carbocycles. The molecule has 1 saturated carbocycles. The van der Waals surface area contributed by atoms with E-state index in [-0.39, 0.29) is 0 Å². The molecule has 0 heterocycles. The Kier molecular flexibility index (Phi) is 10.6. The minimum absolute atomic E-state index is 1.38. The Morgan fingerprint density at radius 2 is 1.18 bits per heavy atom. The average Bonchev–Trinajstić information content (AvgIpc) is 1.86. The van der Waals surface area contributed by atoms with E-state index in [9.17, 15) is 0 Å². The van der Waals surface area contributed by atoms with Crippen LogP contribution >= 0.6 is 0 Å². The summed E-state index contributed by atoms with van der Waals surface area (Å²) in [6, 6.07) is 0. The van der Waals surface area contributed by atoms with Crippen molar-refractivity contribution in [3.8, 4) is 0 Å². The Hall–Kier alpha value is 0.314. The predicted molar refractivity (Wildman–Crippen MR) is 38.0 cm³/mol. The van der Waals surface area contributed by atoms with Crippen LogP contribution in [-0.4, -0.2) is 0 Å². The van der Waals surface area contributed by atoms with Gasteiger partial charge in [-0.15, -0.1) is 0 Å². The van der Waals surface area contributed by atoms with Gasteiger partial charge in [-0.1, -0.05) is 32.1 Å². The molecule has 1 rings (SSSR count). The summed E-state index contributed by atoms with van der Waals surface area (Å²) in [5, 5.41) is 0. The molecule has 0 amide bonds. The van der Waals surface area contributed by atoms with Gasteiger partial charge in [-0.25, -0.2) is 0 Å². The van der Waals surface area contributed by atoms with Crippen LogP contribution in [0.15, 0.2) is 0 Å². The first-order valence-corrected chi connectivity index (χ1v) is 5.50. The van der Waals surface area contributed by atoms with E-state index < -0.39 is 19.1 Å². The first-order chi connectivity index (χ1) is 5.41. The van der Waals surface area contributed by atoms with Gasteiger partial charge in [0.25, 0.3) is 0 Å². The van der Waals surface area contributed by atoms with Gasteiger partial charge in [0.05, 0.1) is 0 Å². The number of hydrogen-bond donors (Lipinski definition) is 0. The Bertz CT molecular complexity index is 84.7. The molecule has 3 heteroatoms. The second kappa shape index (κ2) is 10.3. The molecule has 0 saturated heterocycles. The Morgan fingerprint density at radius 1 is 0.818 bits per heavy atom. The average molecular weight is 191 g/mol. The van der Waals surface area contributed by atoms with Crippen molar-refractivity contribution in [2.45, 2.75) is 44.9 Å². The fourth-order valence-corrected chi connectivity index (χ4v) is 1.25. The molecule has 0 aromatic rings. The third kappa shape index (κ3) is 10.3. The molecule has 0 aliphatic heterocycles. The SMILES string of the molecule is [CH-]1CCCCCCC1.[O]=[Ti]=[O]. The molecule has 0 atom stereocenters. The van der Waals surface area contributed by atoms with Crippen LogP contribution in [0.4, 0.5) is 0 Å². The van der Waals surface area contributed by atoms with Crippen molar-refractivity contribution in [3.05, 3.63) is 6.42 Å². The van der Waals surface area contributed by atoms with Gasteiger partial charge in [-0.05, 0) is 0 Å². The summed E-state index contributed by atoms with van der Waals surface area (Å²) >= 11 is -2.00. The van der Waals surface area contributed by atoms with E-state index in [0.29, 0.717) is 0 Å². The molecule has 1 aliphatic rings. The van der Waals surface area contributed by atoms with Crippen LogP contribution < -0.4 is 0 Å². The fourth-order valence-electron chi connectivity index (χ4n) is 1.25. The number of rotatable bonds is 0. The Balaban J connectivity index is 0.000000292. The van der Waals surface area contributed by atoms with Crippen molar-refractivity contribution in [3.63, 3.8) is 0 Å².